The summed E-state index contributed by atoms with van der Waals surface area (Å²) in [6, 6.07) is 0. The summed E-state index contributed by atoms with van der Waals surface area (Å²) in [5.41, 5.74) is 0. The Balaban J connectivity index is 0. The molecule has 0 bridgehead atoms. The van der Waals surface area contributed by atoms with Gasteiger partial charge in [0.25, 0.3) is 0 Å². The quantitative estimate of drug-likeness (QED) is 0.261. The zero-order chi connectivity index (χ0) is 20.7. The summed E-state index contributed by atoms with van der Waals surface area (Å²) in [5.74, 6) is -2.28. The third-order valence-corrected chi connectivity index (χ3v) is 3.13. The normalized spacial score (nSPS) is 21.2. The minimum Gasteiger partial charge on any atom is -0.468 e. The van der Waals surface area contributed by atoms with Crippen molar-refractivity contribution in [3.8, 4) is 0 Å². The topological polar surface area (TPSA) is 52.6 Å². The van der Waals surface area contributed by atoms with Gasteiger partial charge in [0.1, 0.15) is 0 Å². The first-order valence-electron chi connectivity index (χ1n) is 7.90. The molecule has 1 saturated carbocycles. The molecule has 0 aromatic heterocycles. The Hall–Kier alpha value is -1.43. The van der Waals surface area contributed by atoms with Gasteiger partial charge >= 0.3 is 38.7 Å². The fourth-order valence-electron chi connectivity index (χ4n) is 2.00. The van der Waals surface area contributed by atoms with E-state index in [1.54, 1.807) is 0 Å². The van der Waals surface area contributed by atoms with Crippen LogP contribution in [0.2, 0.25) is 0 Å². The van der Waals surface area contributed by atoms with Gasteiger partial charge in [0.2, 0.25) is 0 Å². The fourth-order valence-corrected chi connectivity index (χ4v) is 2.00. The van der Waals surface area contributed by atoms with Gasteiger partial charge in [-0.2, -0.15) is 0 Å². The predicted octanol–water partition coefficient (Wildman–Crippen LogP) is 3.96. The molecule has 0 aromatic rings. The first-order valence-corrected chi connectivity index (χ1v) is 7.90. The molecule has 0 N–H and O–H groups in total. The summed E-state index contributed by atoms with van der Waals surface area (Å²) in [4.78, 5) is 23.2. The van der Waals surface area contributed by atoms with E-state index in [1.165, 1.54) is 14.2 Å². The summed E-state index contributed by atoms with van der Waals surface area (Å²) >= 11 is 0. The van der Waals surface area contributed by atoms with Crippen molar-refractivity contribution in [3.63, 3.8) is 0 Å². The summed E-state index contributed by atoms with van der Waals surface area (Å²) in [7, 11) is -3.47. The molecule has 5 radical (unpaired) electrons. The van der Waals surface area contributed by atoms with Crippen LogP contribution < -0.4 is 0 Å². The largest absolute Gasteiger partial charge is 2.00 e. The van der Waals surface area contributed by atoms with Gasteiger partial charge in [-0.25, -0.2) is 0 Å². The molecule has 4 nitrogen and oxygen atoms in total. The molecule has 0 saturated heterocycles. The smallest absolute Gasteiger partial charge is 0.468 e. The Labute approximate surface area is 176 Å². The Bertz CT molecular complexity index is 503. The van der Waals surface area contributed by atoms with Crippen molar-refractivity contribution in [1.82, 2.24) is 0 Å². The van der Waals surface area contributed by atoms with Crippen molar-refractivity contribution in [2.75, 3.05) is 14.2 Å². The Morgan fingerprint density at radius 3 is 1.64 bits per heavy atom. The number of hydrogen-bond acceptors (Lipinski definition) is 4. The molecule has 155 valence electrons. The first-order chi connectivity index (χ1) is 12.7. The molecule has 0 spiro atoms. The molecule has 2 aliphatic carbocycles. The minimum absolute atomic E-state index is 0. The molecule has 28 heavy (non-hydrogen) atoms. The Morgan fingerprint density at radius 2 is 1.25 bits per heavy atom. The van der Waals surface area contributed by atoms with Crippen LogP contribution in [0.25, 0.3) is 0 Å². The van der Waals surface area contributed by atoms with E-state index >= 15 is 0 Å². The van der Waals surface area contributed by atoms with Gasteiger partial charge in [-0.15, -0.1) is 0 Å². The van der Waals surface area contributed by atoms with E-state index in [2.05, 4.69) is 9.47 Å². The average molecular weight is 489 g/mol. The van der Waals surface area contributed by atoms with Gasteiger partial charge in [0.05, 0.1) is 14.2 Å². The molecule has 1 unspecified atom stereocenters. The molecule has 10 heteroatoms. The van der Waals surface area contributed by atoms with E-state index < -0.39 is 25.1 Å². The number of allylic oxidation sites excluding steroid dienone is 6. The summed E-state index contributed by atoms with van der Waals surface area (Å²) in [6.07, 6.45) is 21.7. The maximum Gasteiger partial charge on any atom is 2.00 e. The first kappa shape index (κ1) is 28.8. The monoisotopic (exact) mass is 490 g/mol. The van der Waals surface area contributed by atoms with Gasteiger partial charge in [-0.1, -0.05) is 36.5 Å². The van der Waals surface area contributed by atoms with Crippen LogP contribution in [0.15, 0.2) is 36.5 Å². The SMILES string of the molecule is COC(=O)C(C(=O)OC)C1\C=C/C=C\C=C/C1.F[B-](F)(F)F.[CH]1[CH][CH][CH][CH]1.[Ru+2]. The second kappa shape index (κ2) is 16.5. The van der Waals surface area contributed by atoms with Crippen LogP contribution in [0.5, 0.6) is 0 Å². The zero-order valence-corrected chi connectivity index (χ0v) is 17.0. The van der Waals surface area contributed by atoms with Crippen molar-refractivity contribution in [2.24, 2.45) is 11.8 Å². The van der Waals surface area contributed by atoms with Crippen LogP contribution in [0, 0.1) is 43.9 Å². The van der Waals surface area contributed by atoms with Crippen LogP contribution in [0.4, 0.5) is 17.3 Å². The molecule has 2 rings (SSSR count). The van der Waals surface area contributed by atoms with Crippen molar-refractivity contribution in [3.05, 3.63) is 68.6 Å². The summed E-state index contributed by atoms with van der Waals surface area (Å²) < 4.78 is 48.3. The molecule has 0 aliphatic heterocycles. The molecule has 1 atom stereocenters. The summed E-state index contributed by atoms with van der Waals surface area (Å²) in [5, 5.41) is 0. The van der Waals surface area contributed by atoms with Crippen molar-refractivity contribution < 1.29 is 55.8 Å². The molecule has 1 fully saturated rings. The average Bonchev–Trinajstić information content (AvgIpc) is 3.14. The number of methoxy groups -OCH3 is 2. The Morgan fingerprint density at radius 1 is 0.857 bits per heavy atom. The van der Waals surface area contributed by atoms with E-state index in [0.717, 1.165) is 0 Å². The van der Waals surface area contributed by atoms with Crippen LogP contribution in [0.1, 0.15) is 6.42 Å². The van der Waals surface area contributed by atoms with Gasteiger partial charge in [0.15, 0.2) is 5.92 Å². The maximum atomic E-state index is 11.6. The van der Waals surface area contributed by atoms with E-state index in [0.29, 0.717) is 6.42 Å². The van der Waals surface area contributed by atoms with E-state index in [-0.39, 0.29) is 25.4 Å². The van der Waals surface area contributed by atoms with Gasteiger partial charge in [-0.05, 0) is 38.5 Å². The number of halogens is 4. The standard InChI is InChI=1S/C13H16O4.C5H5.BF4.Ru/c1-16-12(14)11(13(15)17-2)10-8-6-4-3-5-7-9-10;1-2-4-5-3-1;2-1(3,4)5;/h3-8,10-11H,9H2,1-2H3;1-5H;;/q;;-1;+2/b4-3-,7-5-,8-6-;;;. The van der Waals surface area contributed by atoms with E-state index in [1.807, 2.05) is 68.6 Å². The van der Waals surface area contributed by atoms with E-state index in [4.69, 9.17) is 0 Å². The molecule has 0 heterocycles. The van der Waals surface area contributed by atoms with Crippen molar-refractivity contribution in [1.29, 1.82) is 0 Å². The third-order valence-electron chi connectivity index (χ3n) is 3.13. The minimum atomic E-state index is -6.00. The third kappa shape index (κ3) is 15.6. The number of carbonyl (C=O) groups is 2. The van der Waals surface area contributed by atoms with Crippen molar-refractivity contribution >= 4 is 19.2 Å². The zero-order valence-electron chi connectivity index (χ0n) is 15.3. The number of hydrogen-bond donors (Lipinski definition) is 0. The van der Waals surface area contributed by atoms with Crippen LogP contribution >= 0.6 is 0 Å². The predicted molar refractivity (Wildman–Crippen MR) is 94.7 cm³/mol. The molecular formula is C18H21BF4O4Ru+. The second-order valence-corrected chi connectivity index (χ2v) is 5.08. The van der Waals surface area contributed by atoms with Crippen LogP contribution in [0.3, 0.4) is 0 Å². The van der Waals surface area contributed by atoms with E-state index in [9.17, 15) is 26.9 Å². The Kier molecular flexibility index (Phi) is 17.0. The number of carbonyl (C=O) groups excluding carboxylic acids is 2. The maximum absolute atomic E-state index is 11.6. The molecular weight excluding hydrogens is 468 g/mol. The van der Waals surface area contributed by atoms with Crippen LogP contribution in [-0.2, 0) is 38.5 Å². The second-order valence-electron chi connectivity index (χ2n) is 5.08. The van der Waals surface area contributed by atoms with Crippen molar-refractivity contribution in [2.45, 2.75) is 6.42 Å². The summed E-state index contributed by atoms with van der Waals surface area (Å²) in [6.45, 7) is 0. The van der Waals surface area contributed by atoms with Gasteiger partial charge < -0.3 is 26.7 Å². The fraction of sp³-hybridized carbons (Fsp3) is 0.278. The molecule has 2 aliphatic rings. The number of rotatable bonds is 3. The number of esters is 2. The van der Waals surface area contributed by atoms with Crippen LogP contribution in [-0.4, -0.2) is 33.4 Å². The number of ether oxygens (including phenoxy) is 2. The molecule has 0 amide bonds. The molecule has 0 aromatic carbocycles. The van der Waals surface area contributed by atoms with Gasteiger partial charge in [0, 0.05) is 5.92 Å². The van der Waals surface area contributed by atoms with Gasteiger partial charge in [-0.3, -0.25) is 9.59 Å².